The van der Waals surface area contributed by atoms with Crippen LogP contribution in [0.15, 0.2) is 0 Å². The molecule has 6 fully saturated rings. The van der Waals surface area contributed by atoms with Crippen LogP contribution in [-0.4, -0.2) is 84.1 Å². The fourth-order valence-electron chi connectivity index (χ4n) is 10.3. The van der Waals surface area contributed by atoms with Crippen LogP contribution < -0.4 is 0 Å². The average molecular weight is 463 g/mol. The van der Waals surface area contributed by atoms with E-state index < -0.39 is 11.4 Å². The number of hydrogen-bond acceptors (Lipinski definition) is 6. The number of fused-ring (bicyclic) bond motifs is 5. The van der Waals surface area contributed by atoms with E-state index in [0.29, 0.717) is 43.7 Å². The molecule has 6 rings (SSSR count). The molecule has 0 unspecified atom stereocenters. The van der Waals surface area contributed by atoms with Crippen molar-refractivity contribution >= 4 is 0 Å². The van der Waals surface area contributed by atoms with Gasteiger partial charge in [-0.15, -0.1) is 0 Å². The molecule has 0 aromatic heterocycles. The van der Waals surface area contributed by atoms with Gasteiger partial charge in [0.25, 0.3) is 0 Å². The van der Waals surface area contributed by atoms with Crippen molar-refractivity contribution < 1.29 is 19.7 Å². The third kappa shape index (κ3) is 3.20. The first kappa shape index (κ1) is 23.2. The molecule has 0 amide bonds. The van der Waals surface area contributed by atoms with E-state index in [1.807, 2.05) is 0 Å². The van der Waals surface area contributed by atoms with E-state index in [-0.39, 0.29) is 11.3 Å². The molecule has 0 aromatic carbocycles. The molecule has 0 spiro atoms. The van der Waals surface area contributed by atoms with Crippen LogP contribution >= 0.6 is 0 Å². The maximum absolute atomic E-state index is 12.5. The first-order valence-corrected chi connectivity index (χ1v) is 13.9. The minimum atomic E-state index is -1.72. The van der Waals surface area contributed by atoms with Crippen molar-refractivity contribution in [3.05, 3.63) is 0 Å². The van der Waals surface area contributed by atoms with Gasteiger partial charge in [-0.25, -0.2) is 0 Å². The molecular weight excluding hydrogens is 416 g/mol. The SMILES string of the molecule is C[C@]12CC[C@H]3[C@@H](CC[C@H]4CCCC[C@@]43C)[C@@H]1C(O)(O)C(N1CCOCC1)(N1CCOCC1)C2. The lowest BCUT2D eigenvalue weighted by molar-refractivity contribution is -0.324. The summed E-state index contributed by atoms with van der Waals surface area (Å²) < 4.78 is 11.4. The summed E-state index contributed by atoms with van der Waals surface area (Å²) in [5.74, 6) is 0.112. The molecule has 0 bridgehead atoms. The van der Waals surface area contributed by atoms with E-state index in [9.17, 15) is 10.2 Å². The van der Waals surface area contributed by atoms with E-state index in [1.54, 1.807) is 0 Å². The molecule has 2 aliphatic heterocycles. The number of ether oxygens (including phenoxy) is 2. The number of hydrogen-bond donors (Lipinski definition) is 2. The van der Waals surface area contributed by atoms with Gasteiger partial charge in [-0.05, 0) is 73.5 Å². The Morgan fingerprint density at radius 3 is 2.03 bits per heavy atom. The highest BCUT2D eigenvalue weighted by molar-refractivity contribution is 5.21. The quantitative estimate of drug-likeness (QED) is 0.615. The predicted molar refractivity (Wildman–Crippen MR) is 126 cm³/mol. The van der Waals surface area contributed by atoms with Gasteiger partial charge in [-0.2, -0.15) is 0 Å². The highest BCUT2D eigenvalue weighted by Gasteiger charge is 2.75. The Morgan fingerprint density at radius 2 is 1.39 bits per heavy atom. The molecule has 188 valence electrons. The lowest BCUT2D eigenvalue weighted by Crippen LogP contribution is -2.75. The summed E-state index contributed by atoms with van der Waals surface area (Å²) in [4.78, 5) is 4.79. The van der Waals surface area contributed by atoms with Crippen molar-refractivity contribution in [2.75, 3.05) is 52.6 Å². The third-order valence-electron chi connectivity index (χ3n) is 11.6. The maximum atomic E-state index is 12.5. The Kier molecular flexibility index (Phi) is 5.72. The average Bonchev–Trinajstić information content (AvgIpc) is 3.03. The largest absolute Gasteiger partial charge is 0.379 e. The Morgan fingerprint density at radius 1 is 0.758 bits per heavy atom. The summed E-state index contributed by atoms with van der Waals surface area (Å²) in [6.45, 7) is 10.8. The van der Waals surface area contributed by atoms with Crippen LogP contribution in [0.2, 0.25) is 0 Å². The highest BCUT2D eigenvalue weighted by atomic mass is 16.5. The summed E-state index contributed by atoms with van der Waals surface area (Å²) in [6, 6.07) is 0. The monoisotopic (exact) mass is 462 g/mol. The number of rotatable bonds is 2. The van der Waals surface area contributed by atoms with Crippen LogP contribution in [0.1, 0.15) is 71.6 Å². The van der Waals surface area contributed by atoms with Gasteiger partial charge in [-0.3, -0.25) is 9.80 Å². The summed E-state index contributed by atoms with van der Waals surface area (Å²) >= 11 is 0. The number of morpholine rings is 2. The zero-order valence-electron chi connectivity index (χ0n) is 20.9. The van der Waals surface area contributed by atoms with Crippen molar-refractivity contribution in [1.82, 2.24) is 9.80 Å². The van der Waals surface area contributed by atoms with Gasteiger partial charge in [-0.1, -0.05) is 26.7 Å². The van der Waals surface area contributed by atoms with E-state index in [0.717, 1.165) is 44.9 Å². The Labute approximate surface area is 200 Å². The first-order chi connectivity index (χ1) is 15.8. The zero-order chi connectivity index (χ0) is 22.9. The summed E-state index contributed by atoms with van der Waals surface area (Å²) in [5, 5.41) is 25.0. The van der Waals surface area contributed by atoms with Crippen molar-refractivity contribution in [1.29, 1.82) is 0 Å². The molecule has 2 saturated heterocycles. The van der Waals surface area contributed by atoms with Gasteiger partial charge >= 0.3 is 0 Å². The number of nitrogens with zero attached hydrogens (tertiary/aromatic N) is 2. The molecule has 6 heteroatoms. The van der Waals surface area contributed by atoms with E-state index >= 15 is 0 Å². The Balaban J connectivity index is 1.41. The molecule has 0 aromatic rings. The van der Waals surface area contributed by atoms with E-state index in [4.69, 9.17) is 9.47 Å². The molecule has 33 heavy (non-hydrogen) atoms. The first-order valence-electron chi connectivity index (χ1n) is 13.9. The molecule has 4 saturated carbocycles. The van der Waals surface area contributed by atoms with E-state index in [1.165, 1.54) is 44.9 Å². The Hall–Kier alpha value is -0.240. The van der Waals surface area contributed by atoms with E-state index in [2.05, 4.69) is 23.6 Å². The lowest BCUT2D eigenvalue weighted by Gasteiger charge is -2.61. The summed E-state index contributed by atoms with van der Waals surface area (Å²) in [5.41, 5.74) is -0.389. The summed E-state index contributed by atoms with van der Waals surface area (Å²) in [7, 11) is 0. The second kappa shape index (κ2) is 8.14. The van der Waals surface area contributed by atoms with Gasteiger partial charge < -0.3 is 19.7 Å². The second-order valence-corrected chi connectivity index (χ2v) is 12.9. The van der Waals surface area contributed by atoms with Crippen molar-refractivity contribution in [2.24, 2.45) is 34.5 Å². The van der Waals surface area contributed by atoms with Gasteiger partial charge in [0.2, 0.25) is 0 Å². The number of aliphatic hydroxyl groups is 2. The molecule has 2 heterocycles. The molecule has 6 aliphatic rings. The summed E-state index contributed by atoms with van der Waals surface area (Å²) in [6.07, 6.45) is 11.2. The fraction of sp³-hybridized carbons (Fsp3) is 1.00. The second-order valence-electron chi connectivity index (χ2n) is 12.9. The normalized spacial score (nSPS) is 48.0. The van der Waals surface area contributed by atoms with Gasteiger partial charge in [0, 0.05) is 32.1 Å². The van der Waals surface area contributed by atoms with Crippen molar-refractivity contribution in [2.45, 2.75) is 83.1 Å². The molecule has 6 nitrogen and oxygen atoms in total. The molecule has 2 N–H and O–H groups in total. The van der Waals surface area contributed by atoms with Crippen LogP contribution in [-0.2, 0) is 9.47 Å². The highest BCUT2D eigenvalue weighted by Crippen LogP contribution is 2.70. The molecule has 4 aliphatic carbocycles. The van der Waals surface area contributed by atoms with Gasteiger partial charge in [0.1, 0.15) is 5.66 Å². The van der Waals surface area contributed by atoms with Gasteiger partial charge in [0.15, 0.2) is 5.79 Å². The van der Waals surface area contributed by atoms with Gasteiger partial charge in [0.05, 0.1) is 26.4 Å². The third-order valence-corrected chi connectivity index (χ3v) is 11.6. The van der Waals surface area contributed by atoms with Crippen LogP contribution in [0.4, 0.5) is 0 Å². The van der Waals surface area contributed by atoms with Crippen LogP contribution in [0.5, 0.6) is 0 Å². The topological polar surface area (TPSA) is 65.4 Å². The van der Waals surface area contributed by atoms with Crippen LogP contribution in [0, 0.1) is 34.5 Å². The van der Waals surface area contributed by atoms with Crippen LogP contribution in [0.25, 0.3) is 0 Å². The standard InChI is InChI=1S/C27H46N2O4/c1-24-10-8-22-21(7-6-20-5-3-4-9-25(20,22)2)23(24)27(30,31)26(19-24,28-11-15-32-16-12-28)29-13-17-33-18-14-29/h20-23,30-31H,3-19H2,1-2H3/t20-,21-,22+,23+,24-,25+/m1/s1. The Bertz CT molecular complexity index is 716. The zero-order valence-corrected chi connectivity index (χ0v) is 20.9. The maximum Gasteiger partial charge on any atom is 0.199 e. The van der Waals surface area contributed by atoms with Crippen LogP contribution in [0.3, 0.4) is 0 Å². The predicted octanol–water partition coefficient (Wildman–Crippen LogP) is 3.07. The smallest absolute Gasteiger partial charge is 0.199 e. The van der Waals surface area contributed by atoms with Crippen molar-refractivity contribution in [3.8, 4) is 0 Å². The lowest BCUT2D eigenvalue weighted by atomic mass is 9.45. The molecular formula is C27H46N2O4. The fourth-order valence-corrected chi connectivity index (χ4v) is 10.3. The minimum Gasteiger partial charge on any atom is -0.379 e. The minimum absolute atomic E-state index is 0.0425. The molecule has 0 radical (unpaired) electrons. The van der Waals surface area contributed by atoms with Crippen molar-refractivity contribution in [3.63, 3.8) is 0 Å². The molecule has 6 atom stereocenters.